The SMILES string of the molecule is C[C@@H](NC(=O)CN(c1cccc(C(F)(F)F)c1)S(=O)(=O)c1ccccc1)c1ccc2c(c1)OCCO2. The molecule has 3 aromatic carbocycles. The van der Waals surface area contributed by atoms with Crippen LogP contribution in [0.4, 0.5) is 18.9 Å². The Labute approximate surface area is 206 Å². The number of alkyl halides is 3. The molecule has 1 aliphatic heterocycles. The maximum Gasteiger partial charge on any atom is 0.416 e. The van der Waals surface area contributed by atoms with E-state index in [0.717, 1.165) is 12.1 Å². The zero-order chi connectivity index (χ0) is 25.9. The van der Waals surface area contributed by atoms with Gasteiger partial charge in [0.2, 0.25) is 5.91 Å². The van der Waals surface area contributed by atoms with Crippen molar-refractivity contribution < 1.29 is 35.9 Å². The van der Waals surface area contributed by atoms with E-state index in [1.165, 1.54) is 30.3 Å². The van der Waals surface area contributed by atoms with Crippen molar-refractivity contribution >= 4 is 21.6 Å². The Morgan fingerprint density at radius 2 is 1.67 bits per heavy atom. The van der Waals surface area contributed by atoms with Crippen molar-refractivity contribution in [3.8, 4) is 11.5 Å². The van der Waals surface area contributed by atoms with Gasteiger partial charge in [-0.1, -0.05) is 30.3 Å². The Bertz CT molecular complexity index is 1350. The second kappa shape index (κ2) is 10.1. The summed E-state index contributed by atoms with van der Waals surface area (Å²) in [4.78, 5) is 12.8. The minimum absolute atomic E-state index is 0.157. The minimum Gasteiger partial charge on any atom is -0.486 e. The predicted octanol–water partition coefficient (Wildman–Crippen LogP) is 4.55. The third-order valence-electron chi connectivity index (χ3n) is 5.52. The van der Waals surface area contributed by atoms with Gasteiger partial charge in [0, 0.05) is 0 Å². The number of benzene rings is 3. The second-order valence-electron chi connectivity index (χ2n) is 8.07. The lowest BCUT2D eigenvalue weighted by molar-refractivity contribution is -0.137. The van der Waals surface area contributed by atoms with E-state index in [0.29, 0.717) is 40.6 Å². The number of hydrogen-bond acceptors (Lipinski definition) is 5. The van der Waals surface area contributed by atoms with Gasteiger partial charge in [-0.3, -0.25) is 9.10 Å². The highest BCUT2D eigenvalue weighted by Gasteiger charge is 2.33. The molecule has 0 bridgehead atoms. The van der Waals surface area contributed by atoms with Crippen molar-refractivity contribution in [2.45, 2.75) is 24.0 Å². The molecule has 1 atom stereocenters. The number of anilines is 1. The average Bonchev–Trinajstić information content (AvgIpc) is 2.87. The van der Waals surface area contributed by atoms with E-state index in [1.807, 2.05) is 0 Å². The second-order valence-corrected chi connectivity index (χ2v) is 9.93. The minimum atomic E-state index is -4.69. The fourth-order valence-electron chi connectivity index (χ4n) is 3.70. The normalized spacial score (nSPS) is 14.1. The number of sulfonamides is 1. The van der Waals surface area contributed by atoms with Gasteiger partial charge >= 0.3 is 6.18 Å². The maximum atomic E-state index is 13.4. The first-order valence-electron chi connectivity index (χ1n) is 11.0. The van der Waals surface area contributed by atoms with Crippen LogP contribution in [-0.2, 0) is 21.0 Å². The van der Waals surface area contributed by atoms with Gasteiger partial charge in [0.25, 0.3) is 10.0 Å². The van der Waals surface area contributed by atoms with Crippen molar-refractivity contribution in [1.82, 2.24) is 5.32 Å². The summed E-state index contributed by atoms with van der Waals surface area (Å²) in [6, 6.07) is 15.7. The first-order chi connectivity index (χ1) is 17.1. The molecule has 7 nitrogen and oxygen atoms in total. The van der Waals surface area contributed by atoms with Crippen LogP contribution < -0.4 is 19.1 Å². The van der Waals surface area contributed by atoms with Gasteiger partial charge in [0.1, 0.15) is 19.8 Å². The van der Waals surface area contributed by atoms with Gasteiger partial charge in [-0.05, 0) is 55.0 Å². The summed E-state index contributed by atoms with van der Waals surface area (Å²) in [6.45, 7) is 1.79. The monoisotopic (exact) mass is 520 g/mol. The van der Waals surface area contributed by atoms with Crippen LogP contribution in [0.1, 0.15) is 24.1 Å². The lowest BCUT2D eigenvalue weighted by atomic mass is 10.1. The molecule has 0 saturated heterocycles. The van der Waals surface area contributed by atoms with Crippen molar-refractivity contribution in [1.29, 1.82) is 0 Å². The maximum absolute atomic E-state index is 13.4. The number of nitrogens with zero attached hydrogens (tertiary/aromatic N) is 1. The van der Waals surface area contributed by atoms with Crippen LogP contribution in [0, 0.1) is 0 Å². The molecule has 0 radical (unpaired) electrons. The van der Waals surface area contributed by atoms with Crippen LogP contribution >= 0.6 is 0 Å². The summed E-state index contributed by atoms with van der Waals surface area (Å²) in [6.07, 6.45) is -4.69. The Balaban J connectivity index is 1.61. The first kappa shape index (κ1) is 25.4. The average molecular weight is 521 g/mol. The van der Waals surface area contributed by atoms with Gasteiger partial charge in [-0.15, -0.1) is 0 Å². The van der Waals surface area contributed by atoms with Crippen LogP contribution in [-0.4, -0.2) is 34.1 Å². The van der Waals surface area contributed by atoms with Crippen LogP contribution in [0.25, 0.3) is 0 Å². The molecule has 0 fully saturated rings. The zero-order valence-corrected chi connectivity index (χ0v) is 20.0. The number of carbonyl (C=O) groups excluding carboxylic acids is 1. The lowest BCUT2D eigenvalue weighted by Crippen LogP contribution is -2.41. The number of carbonyl (C=O) groups is 1. The molecule has 0 spiro atoms. The lowest BCUT2D eigenvalue weighted by Gasteiger charge is -2.26. The highest BCUT2D eigenvalue weighted by Crippen LogP contribution is 2.34. The zero-order valence-electron chi connectivity index (χ0n) is 19.2. The molecule has 3 aromatic rings. The highest BCUT2D eigenvalue weighted by atomic mass is 32.2. The molecule has 0 saturated carbocycles. The van der Waals surface area contributed by atoms with E-state index in [2.05, 4.69) is 5.32 Å². The number of amides is 1. The van der Waals surface area contributed by atoms with Crippen molar-refractivity contribution in [3.63, 3.8) is 0 Å². The molecule has 0 aliphatic carbocycles. The predicted molar refractivity (Wildman–Crippen MR) is 126 cm³/mol. The highest BCUT2D eigenvalue weighted by molar-refractivity contribution is 7.92. The van der Waals surface area contributed by atoms with Crippen molar-refractivity contribution in [3.05, 3.63) is 83.9 Å². The van der Waals surface area contributed by atoms with Gasteiger partial charge in [0.05, 0.1) is 22.2 Å². The fraction of sp³-hybridized carbons (Fsp3) is 0.240. The Morgan fingerprint density at radius 3 is 2.36 bits per heavy atom. The van der Waals surface area contributed by atoms with Crippen LogP contribution in [0.2, 0.25) is 0 Å². The molecule has 4 rings (SSSR count). The molecular weight excluding hydrogens is 497 g/mol. The van der Waals surface area contributed by atoms with Crippen LogP contribution in [0.5, 0.6) is 11.5 Å². The summed E-state index contributed by atoms with van der Waals surface area (Å²) in [5, 5.41) is 2.71. The summed E-state index contributed by atoms with van der Waals surface area (Å²) in [7, 11) is -4.36. The fourth-order valence-corrected chi connectivity index (χ4v) is 5.14. The van der Waals surface area contributed by atoms with Gasteiger partial charge in [-0.25, -0.2) is 8.42 Å². The number of ether oxygens (including phenoxy) is 2. The van der Waals surface area contributed by atoms with E-state index >= 15 is 0 Å². The Hall–Kier alpha value is -3.73. The number of fused-ring (bicyclic) bond motifs is 1. The van der Waals surface area contributed by atoms with Crippen molar-refractivity contribution in [2.24, 2.45) is 0 Å². The molecule has 36 heavy (non-hydrogen) atoms. The van der Waals surface area contributed by atoms with E-state index in [1.54, 1.807) is 31.2 Å². The van der Waals surface area contributed by atoms with Crippen molar-refractivity contribution in [2.75, 3.05) is 24.1 Å². The van der Waals surface area contributed by atoms with Gasteiger partial charge in [0.15, 0.2) is 11.5 Å². The molecule has 0 aromatic heterocycles. The van der Waals surface area contributed by atoms with Crippen LogP contribution in [0.15, 0.2) is 77.7 Å². The number of rotatable bonds is 7. The molecule has 190 valence electrons. The third kappa shape index (κ3) is 5.56. The molecular formula is C25H23F3N2O5S. The number of halogens is 3. The molecule has 11 heteroatoms. The summed E-state index contributed by atoms with van der Waals surface area (Å²) in [5.41, 5.74) is -0.627. The van der Waals surface area contributed by atoms with E-state index in [-0.39, 0.29) is 10.6 Å². The number of hydrogen-bond donors (Lipinski definition) is 1. The quantitative estimate of drug-likeness (QED) is 0.494. The van der Waals surface area contributed by atoms with E-state index < -0.39 is 40.3 Å². The Kier molecular flexibility index (Phi) is 7.11. The molecule has 1 amide bonds. The van der Waals surface area contributed by atoms with Crippen LogP contribution in [0.3, 0.4) is 0 Å². The molecule has 1 aliphatic rings. The first-order valence-corrected chi connectivity index (χ1v) is 12.4. The standard InChI is InChI=1S/C25H23F3N2O5S/c1-17(18-10-11-22-23(14-18)35-13-12-34-22)29-24(31)16-30(36(32,33)21-8-3-2-4-9-21)20-7-5-6-19(15-20)25(26,27)28/h2-11,14-15,17H,12-13,16H2,1H3,(H,29,31)/t17-/m1/s1. The Morgan fingerprint density at radius 1 is 0.972 bits per heavy atom. The topological polar surface area (TPSA) is 84.9 Å². The van der Waals surface area contributed by atoms with E-state index in [9.17, 15) is 26.4 Å². The third-order valence-corrected chi connectivity index (χ3v) is 7.31. The summed E-state index contributed by atoms with van der Waals surface area (Å²) >= 11 is 0. The molecule has 1 N–H and O–H groups in total. The molecule has 1 heterocycles. The van der Waals surface area contributed by atoms with Gasteiger partial charge < -0.3 is 14.8 Å². The number of nitrogens with one attached hydrogen (secondary N) is 1. The molecule has 0 unspecified atom stereocenters. The summed E-state index contributed by atoms with van der Waals surface area (Å²) in [5.74, 6) is 0.402. The smallest absolute Gasteiger partial charge is 0.416 e. The van der Waals surface area contributed by atoms with Gasteiger partial charge in [-0.2, -0.15) is 13.2 Å². The summed E-state index contributed by atoms with van der Waals surface area (Å²) < 4.78 is 78.5. The van der Waals surface area contributed by atoms with E-state index in [4.69, 9.17) is 9.47 Å². The largest absolute Gasteiger partial charge is 0.486 e.